The Morgan fingerprint density at radius 2 is 2.00 bits per heavy atom. The van der Waals surface area contributed by atoms with Crippen LogP contribution in [0.25, 0.3) is 0 Å². The molecule has 0 unspecified atom stereocenters. The van der Waals surface area contributed by atoms with E-state index in [2.05, 4.69) is 28.9 Å². The summed E-state index contributed by atoms with van der Waals surface area (Å²) in [7, 11) is 0. The molecule has 15 heavy (non-hydrogen) atoms. The summed E-state index contributed by atoms with van der Waals surface area (Å²) >= 11 is 0. The Kier molecular flexibility index (Phi) is 11.6. The van der Waals surface area contributed by atoms with Crippen LogP contribution in [0.1, 0.15) is 26.2 Å². The van der Waals surface area contributed by atoms with Gasteiger partial charge in [-0.3, -0.25) is 0 Å². The third-order valence-corrected chi connectivity index (χ3v) is 1.54. The molecule has 0 amide bonds. The lowest BCUT2D eigenvalue weighted by Crippen LogP contribution is -1.92. The van der Waals surface area contributed by atoms with Crippen molar-refractivity contribution in [2.75, 3.05) is 13.2 Å². The van der Waals surface area contributed by atoms with Crippen molar-refractivity contribution in [1.82, 2.24) is 15.4 Å². The van der Waals surface area contributed by atoms with Gasteiger partial charge in [-0.25, -0.2) is 0 Å². The zero-order valence-corrected chi connectivity index (χ0v) is 9.30. The van der Waals surface area contributed by atoms with Gasteiger partial charge in [0, 0.05) is 6.61 Å². The Balaban J connectivity index is 0.000000280. The van der Waals surface area contributed by atoms with Crippen LogP contribution >= 0.6 is 0 Å². The molecule has 84 valence electrons. The summed E-state index contributed by atoms with van der Waals surface area (Å²) in [5.41, 5.74) is 0. The van der Waals surface area contributed by atoms with E-state index in [0.717, 1.165) is 6.61 Å². The van der Waals surface area contributed by atoms with Gasteiger partial charge < -0.3 is 4.74 Å². The van der Waals surface area contributed by atoms with Crippen molar-refractivity contribution in [3.8, 4) is 0 Å². The first-order valence-corrected chi connectivity index (χ1v) is 5.18. The Hall–Kier alpha value is -1.29. The fourth-order valence-corrected chi connectivity index (χ4v) is 0.826. The standard InChI is InChI=1S/C8H16O.C3H3N3/c1-3-5-6-8-9-7-4-2;1-2-4-6-5-3-1/h4H,2-3,5-8H2,1H3;1-3H. The second-order valence-electron chi connectivity index (χ2n) is 2.88. The van der Waals surface area contributed by atoms with E-state index >= 15 is 0 Å². The van der Waals surface area contributed by atoms with Crippen molar-refractivity contribution in [1.29, 1.82) is 0 Å². The Morgan fingerprint density at radius 3 is 2.40 bits per heavy atom. The van der Waals surface area contributed by atoms with E-state index in [4.69, 9.17) is 4.74 Å². The van der Waals surface area contributed by atoms with Gasteiger partial charge in [-0.1, -0.05) is 25.8 Å². The SMILES string of the molecule is C=CCOCCCCC.c1cnnnc1. The fraction of sp³-hybridized carbons (Fsp3) is 0.545. The molecule has 0 saturated carbocycles. The van der Waals surface area contributed by atoms with Crippen LogP contribution in [0.15, 0.2) is 31.1 Å². The molecule has 0 aliphatic rings. The normalized spacial score (nSPS) is 8.87. The zero-order chi connectivity index (χ0) is 11.2. The molecule has 4 nitrogen and oxygen atoms in total. The van der Waals surface area contributed by atoms with Gasteiger partial charge in [0.1, 0.15) is 0 Å². The number of ether oxygens (including phenoxy) is 1. The van der Waals surface area contributed by atoms with Crippen molar-refractivity contribution in [3.05, 3.63) is 31.1 Å². The minimum atomic E-state index is 0.698. The van der Waals surface area contributed by atoms with Gasteiger partial charge >= 0.3 is 0 Å². The summed E-state index contributed by atoms with van der Waals surface area (Å²) in [6, 6.07) is 1.72. The van der Waals surface area contributed by atoms with E-state index in [-0.39, 0.29) is 0 Å². The molecule has 0 radical (unpaired) electrons. The molecule has 1 heterocycles. The Labute approximate surface area is 91.4 Å². The minimum Gasteiger partial charge on any atom is -0.377 e. The number of nitrogens with zero attached hydrogens (tertiary/aromatic N) is 3. The van der Waals surface area contributed by atoms with Crippen molar-refractivity contribution in [2.24, 2.45) is 0 Å². The average molecular weight is 209 g/mol. The van der Waals surface area contributed by atoms with Gasteiger partial charge in [-0.15, -0.1) is 16.8 Å². The summed E-state index contributed by atoms with van der Waals surface area (Å²) in [5.74, 6) is 0. The molecular formula is C11H19N3O. The lowest BCUT2D eigenvalue weighted by molar-refractivity contribution is 0.158. The predicted molar refractivity (Wildman–Crippen MR) is 60.4 cm³/mol. The topological polar surface area (TPSA) is 47.9 Å². The van der Waals surface area contributed by atoms with Crippen LogP contribution in [0.2, 0.25) is 0 Å². The maximum atomic E-state index is 5.17. The van der Waals surface area contributed by atoms with Crippen LogP contribution in [-0.2, 0) is 4.74 Å². The second kappa shape index (κ2) is 12.7. The highest BCUT2D eigenvalue weighted by Gasteiger charge is 1.83. The van der Waals surface area contributed by atoms with Crippen molar-refractivity contribution in [3.63, 3.8) is 0 Å². The highest BCUT2D eigenvalue weighted by molar-refractivity contribution is 4.69. The molecule has 0 aliphatic heterocycles. The van der Waals surface area contributed by atoms with Crippen molar-refractivity contribution < 1.29 is 4.74 Å². The summed E-state index contributed by atoms with van der Waals surface area (Å²) in [6.07, 6.45) is 8.66. The molecule has 0 aliphatic carbocycles. The van der Waals surface area contributed by atoms with Gasteiger partial charge in [0.15, 0.2) is 0 Å². The van der Waals surface area contributed by atoms with E-state index in [9.17, 15) is 0 Å². The number of hydrogen-bond acceptors (Lipinski definition) is 4. The van der Waals surface area contributed by atoms with E-state index in [1.54, 1.807) is 24.5 Å². The van der Waals surface area contributed by atoms with Crippen LogP contribution in [0.5, 0.6) is 0 Å². The van der Waals surface area contributed by atoms with Gasteiger partial charge in [-0.2, -0.15) is 0 Å². The van der Waals surface area contributed by atoms with Gasteiger partial charge in [0.25, 0.3) is 0 Å². The third-order valence-electron chi connectivity index (χ3n) is 1.54. The predicted octanol–water partition coefficient (Wildman–Crippen LogP) is 2.25. The van der Waals surface area contributed by atoms with E-state index in [1.165, 1.54) is 19.3 Å². The molecule has 0 atom stereocenters. The second-order valence-corrected chi connectivity index (χ2v) is 2.88. The van der Waals surface area contributed by atoms with Crippen LogP contribution in [0.3, 0.4) is 0 Å². The fourth-order valence-electron chi connectivity index (χ4n) is 0.826. The molecule has 1 aromatic rings. The van der Waals surface area contributed by atoms with E-state index in [0.29, 0.717) is 6.61 Å². The lowest BCUT2D eigenvalue weighted by Gasteiger charge is -1.97. The highest BCUT2D eigenvalue weighted by atomic mass is 16.5. The average Bonchev–Trinajstić information content (AvgIpc) is 2.32. The number of hydrogen-bond donors (Lipinski definition) is 0. The largest absolute Gasteiger partial charge is 0.377 e. The quantitative estimate of drug-likeness (QED) is 0.532. The van der Waals surface area contributed by atoms with Crippen molar-refractivity contribution >= 4 is 0 Å². The van der Waals surface area contributed by atoms with Crippen LogP contribution < -0.4 is 0 Å². The molecule has 0 N–H and O–H groups in total. The molecule has 0 spiro atoms. The first-order chi connectivity index (χ1) is 7.41. The highest BCUT2D eigenvalue weighted by Crippen LogP contribution is 1.93. The van der Waals surface area contributed by atoms with Crippen LogP contribution in [0, 0.1) is 0 Å². The molecule has 0 saturated heterocycles. The number of aromatic nitrogens is 3. The minimum absolute atomic E-state index is 0.698. The van der Waals surface area contributed by atoms with Crippen molar-refractivity contribution in [2.45, 2.75) is 26.2 Å². The van der Waals surface area contributed by atoms with E-state index < -0.39 is 0 Å². The van der Waals surface area contributed by atoms with Crippen LogP contribution in [-0.4, -0.2) is 28.6 Å². The maximum Gasteiger partial charge on any atom is 0.0644 e. The number of unbranched alkanes of at least 4 members (excludes halogenated alkanes) is 2. The Morgan fingerprint density at radius 1 is 1.27 bits per heavy atom. The molecule has 1 rings (SSSR count). The summed E-state index contributed by atoms with van der Waals surface area (Å²) < 4.78 is 5.17. The van der Waals surface area contributed by atoms with E-state index in [1.807, 2.05) is 0 Å². The molecule has 4 heteroatoms. The molecule has 0 aromatic carbocycles. The van der Waals surface area contributed by atoms with Gasteiger partial charge in [0.2, 0.25) is 0 Å². The summed E-state index contributed by atoms with van der Waals surface area (Å²) in [5, 5.41) is 10.1. The first-order valence-electron chi connectivity index (χ1n) is 5.18. The Bertz CT molecular complexity index is 190. The summed E-state index contributed by atoms with van der Waals surface area (Å²) in [6.45, 7) is 7.33. The molecule has 0 fully saturated rings. The maximum absolute atomic E-state index is 5.17. The monoisotopic (exact) mass is 209 g/mol. The van der Waals surface area contributed by atoms with Gasteiger partial charge in [-0.05, 0) is 17.7 Å². The van der Waals surface area contributed by atoms with Gasteiger partial charge in [0.05, 0.1) is 19.0 Å². The first kappa shape index (κ1) is 13.7. The smallest absolute Gasteiger partial charge is 0.0644 e. The molecule has 0 bridgehead atoms. The lowest BCUT2D eigenvalue weighted by atomic mass is 10.3. The molecular weight excluding hydrogens is 190 g/mol. The van der Waals surface area contributed by atoms with Crippen LogP contribution in [0.4, 0.5) is 0 Å². The number of rotatable bonds is 6. The molecule has 1 aromatic heterocycles. The zero-order valence-electron chi connectivity index (χ0n) is 9.30. The summed E-state index contributed by atoms with van der Waals surface area (Å²) in [4.78, 5) is 0. The third kappa shape index (κ3) is 12.7.